The zero-order valence-electron chi connectivity index (χ0n) is 9.47. The van der Waals surface area contributed by atoms with Gasteiger partial charge in [-0.15, -0.1) is 5.10 Å². The Balaban J connectivity index is 1.84. The highest BCUT2D eigenvalue weighted by Gasteiger charge is 2.12. The molecule has 2 aromatic rings. The van der Waals surface area contributed by atoms with Gasteiger partial charge < -0.3 is 15.1 Å². The minimum absolute atomic E-state index is 0.101. The number of anilines is 2. The lowest BCUT2D eigenvalue weighted by atomic mass is 10.2. The number of hydrogen-bond acceptors (Lipinski definition) is 5. The van der Waals surface area contributed by atoms with Crippen LogP contribution in [0.1, 0.15) is 12.8 Å². The van der Waals surface area contributed by atoms with Crippen molar-refractivity contribution < 1.29 is 4.42 Å². The molecule has 2 heterocycles. The monoisotopic (exact) mass is 230 g/mol. The van der Waals surface area contributed by atoms with E-state index in [-0.39, 0.29) is 6.01 Å². The maximum absolute atomic E-state index is 5.40. The molecule has 1 saturated heterocycles. The lowest BCUT2D eigenvalue weighted by molar-refractivity contribution is 0.590. The first-order valence-electron chi connectivity index (χ1n) is 5.77. The Morgan fingerprint density at radius 3 is 2.35 bits per heavy atom. The van der Waals surface area contributed by atoms with Gasteiger partial charge in [0.2, 0.25) is 5.89 Å². The third kappa shape index (κ3) is 1.95. The Bertz CT molecular complexity index is 499. The van der Waals surface area contributed by atoms with Crippen LogP contribution in [0.2, 0.25) is 0 Å². The van der Waals surface area contributed by atoms with Gasteiger partial charge in [0.05, 0.1) is 0 Å². The lowest BCUT2D eigenvalue weighted by Gasteiger charge is -2.17. The molecule has 0 spiro atoms. The van der Waals surface area contributed by atoms with Gasteiger partial charge in [0.15, 0.2) is 0 Å². The highest BCUT2D eigenvalue weighted by molar-refractivity contribution is 5.59. The van der Waals surface area contributed by atoms with Crippen molar-refractivity contribution in [3.05, 3.63) is 24.3 Å². The fourth-order valence-electron chi connectivity index (χ4n) is 2.14. The number of benzene rings is 1. The van der Waals surface area contributed by atoms with E-state index < -0.39 is 0 Å². The molecule has 1 aliphatic rings. The van der Waals surface area contributed by atoms with Crippen LogP contribution in [0.25, 0.3) is 11.5 Å². The molecule has 0 unspecified atom stereocenters. The Labute approximate surface area is 99.2 Å². The van der Waals surface area contributed by atoms with E-state index in [0.29, 0.717) is 5.89 Å². The summed E-state index contributed by atoms with van der Waals surface area (Å²) in [4.78, 5) is 2.38. The van der Waals surface area contributed by atoms with Crippen LogP contribution in [-0.2, 0) is 0 Å². The van der Waals surface area contributed by atoms with Crippen molar-refractivity contribution in [2.75, 3.05) is 23.7 Å². The summed E-state index contributed by atoms with van der Waals surface area (Å²) < 4.78 is 5.18. The van der Waals surface area contributed by atoms with Crippen LogP contribution in [0.5, 0.6) is 0 Å². The molecule has 0 aliphatic carbocycles. The molecule has 5 heteroatoms. The zero-order chi connectivity index (χ0) is 11.7. The summed E-state index contributed by atoms with van der Waals surface area (Å²) in [5.41, 5.74) is 7.55. The molecule has 1 aromatic heterocycles. The van der Waals surface area contributed by atoms with Gasteiger partial charge in [-0.2, -0.15) is 0 Å². The van der Waals surface area contributed by atoms with E-state index in [2.05, 4.69) is 27.2 Å². The summed E-state index contributed by atoms with van der Waals surface area (Å²) in [5.74, 6) is 0.468. The second-order valence-electron chi connectivity index (χ2n) is 4.19. The topological polar surface area (TPSA) is 68.2 Å². The van der Waals surface area contributed by atoms with Crippen LogP contribution < -0.4 is 10.6 Å². The molecule has 3 rings (SSSR count). The summed E-state index contributed by atoms with van der Waals surface area (Å²) >= 11 is 0. The van der Waals surface area contributed by atoms with Crippen molar-refractivity contribution in [2.24, 2.45) is 0 Å². The van der Waals surface area contributed by atoms with Crippen molar-refractivity contribution in [2.45, 2.75) is 12.8 Å². The predicted octanol–water partition coefficient (Wildman–Crippen LogP) is 1.92. The Kier molecular flexibility index (Phi) is 2.44. The van der Waals surface area contributed by atoms with E-state index in [1.54, 1.807) is 0 Å². The molecule has 1 aliphatic heterocycles. The number of nitrogens with zero attached hydrogens (tertiary/aromatic N) is 3. The van der Waals surface area contributed by atoms with E-state index in [0.717, 1.165) is 18.7 Å². The van der Waals surface area contributed by atoms with Crippen LogP contribution in [-0.4, -0.2) is 23.3 Å². The Morgan fingerprint density at radius 1 is 1.06 bits per heavy atom. The molecular formula is C12H14N4O. The average Bonchev–Trinajstić information content (AvgIpc) is 3.00. The fourth-order valence-corrected chi connectivity index (χ4v) is 2.14. The summed E-state index contributed by atoms with van der Waals surface area (Å²) in [5, 5.41) is 7.50. The maximum atomic E-state index is 5.40. The van der Waals surface area contributed by atoms with Crippen molar-refractivity contribution in [3.8, 4) is 11.5 Å². The van der Waals surface area contributed by atoms with Crippen molar-refractivity contribution >= 4 is 11.7 Å². The van der Waals surface area contributed by atoms with Gasteiger partial charge in [0.1, 0.15) is 0 Å². The number of nitrogens with two attached hydrogens (primary N) is 1. The van der Waals surface area contributed by atoms with Gasteiger partial charge in [-0.3, -0.25) is 0 Å². The molecule has 17 heavy (non-hydrogen) atoms. The second-order valence-corrected chi connectivity index (χ2v) is 4.19. The first-order chi connectivity index (χ1) is 8.33. The smallest absolute Gasteiger partial charge is 0.313 e. The van der Waals surface area contributed by atoms with Crippen molar-refractivity contribution in [1.29, 1.82) is 0 Å². The average molecular weight is 230 g/mol. The number of rotatable bonds is 2. The Hall–Kier alpha value is -2.04. The maximum Gasteiger partial charge on any atom is 0.313 e. The van der Waals surface area contributed by atoms with Gasteiger partial charge in [-0.1, -0.05) is 5.10 Å². The summed E-state index contributed by atoms with van der Waals surface area (Å²) in [7, 11) is 0. The molecule has 1 fully saturated rings. The minimum atomic E-state index is 0.101. The summed E-state index contributed by atoms with van der Waals surface area (Å²) in [6.07, 6.45) is 2.56. The molecule has 1 aromatic carbocycles. The highest BCUT2D eigenvalue weighted by atomic mass is 16.4. The molecule has 88 valence electrons. The van der Waals surface area contributed by atoms with Crippen LogP contribution >= 0.6 is 0 Å². The fraction of sp³-hybridized carbons (Fsp3) is 0.333. The summed E-state index contributed by atoms with van der Waals surface area (Å²) in [6, 6.07) is 8.24. The van der Waals surface area contributed by atoms with E-state index in [9.17, 15) is 0 Å². The van der Waals surface area contributed by atoms with E-state index in [1.165, 1.54) is 18.5 Å². The van der Waals surface area contributed by atoms with Gasteiger partial charge in [-0.05, 0) is 37.1 Å². The van der Waals surface area contributed by atoms with E-state index in [4.69, 9.17) is 10.2 Å². The lowest BCUT2D eigenvalue weighted by Crippen LogP contribution is -2.17. The molecular weight excluding hydrogens is 216 g/mol. The zero-order valence-corrected chi connectivity index (χ0v) is 9.47. The minimum Gasteiger partial charge on any atom is -0.404 e. The molecule has 0 amide bonds. The first-order valence-corrected chi connectivity index (χ1v) is 5.77. The normalized spacial score (nSPS) is 15.4. The summed E-state index contributed by atoms with van der Waals surface area (Å²) in [6.45, 7) is 2.29. The van der Waals surface area contributed by atoms with Crippen LogP contribution in [0.3, 0.4) is 0 Å². The number of aromatic nitrogens is 2. The molecule has 2 N–H and O–H groups in total. The van der Waals surface area contributed by atoms with Crippen LogP contribution in [0.15, 0.2) is 28.7 Å². The molecule has 5 nitrogen and oxygen atoms in total. The highest BCUT2D eigenvalue weighted by Crippen LogP contribution is 2.24. The van der Waals surface area contributed by atoms with E-state index in [1.807, 2.05) is 12.1 Å². The van der Waals surface area contributed by atoms with Crippen molar-refractivity contribution in [3.63, 3.8) is 0 Å². The number of nitrogen functional groups attached to an aromatic ring is 1. The van der Waals surface area contributed by atoms with Gasteiger partial charge in [0, 0.05) is 24.3 Å². The molecule has 0 radical (unpaired) electrons. The van der Waals surface area contributed by atoms with Gasteiger partial charge >= 0.3 is 6.01 Å². The molecule has 0 atom stereocenters. The Morgan fingerprint density at radius 2 is 1.76 bits per heavy atom. The largest absolute Gasteiger partial charge is 0.404 e. The quantitative estimate of drug-likeness (QED) is 0.853. The number of hydrogen-bond donors (Lipinski definition) is 1. The van der Waals surface area contributed by atoms with Gasteiger partial charge in [-0.25, -0.2) is 0 Å². The second kappa shape index (κ2) is 4.08. The molecule has 0 bridgehead atoms. The predicted molar refractivity (Wildman–Crippen MR) is 65.6 cm³/mol. The standard InChI is InChI=1S/C12H14N4O/c13-12-15-14-11(17-12)9-3-5-10(6-4-9)16-7-1-2-8-16/h3-6H,1-2,7-8H2,(H2,13,15). The van der Waals surface area contributed by atoms with Crippen molar-refractivity contribution in [1.82, 2.24) is 10.2 Å². The van der Waals surface area contributed by atoms with Crippen LogP contribution in [0.4, 0.5) is 11.7 Å². The van der Waals surface area contributed by atoms with Gasteiger partial charge in [0.25, 0.3) is 0 Å². The van der Waals surface area contributed by atoms with E-state index >= 15 is 0 Å². The third-order valence-electron chi connectivity index (χ3n) is 3.03. The molecule has 0 saturated carbocycles. The third-order valence-corrected chi connectivity index (χ3v) is 3.03. The van der Waals surface area contributed by atoms with Crippen LogP contribution in [0, 0.1) is 0 Å². The first kappa shape index (κ1) is 10.1. The SMILES string of the molecule is Nc1nnc(-c2ccc(N3CCCC3)cc2)o1.